The zero-order valence-electron chi connectivity index (χ0n) is 10.2. The van der Waals surface area contributed by atoms with Crippen molar-refractivity contribution >= 4 is 54.9 Å². The van der Waals surface area contributed by atoms with Crippen molar-refractivity contribution in [2.24, 2.45) is 0 Å². The predicted octanol–water partition coefficient (Wildman–Crippen LogP) is 2.74. The van der Waals surface area contributed by atoms with Crippen LogP contribution in [-0.4, -0.2) is 24.5 Å². The monoisotopic (exact) mass is 410 g/mol. The van der Waals surface area contributed by atoms with Crippen molar-refractivity contribution in [1.29, 1.82) is 0 Å². The van der Waals surface area contributed by atoms with E-state index in [1.165, 1.54) is 17.4 Å². The topological polar surface area (TPSA) is 96.4 Å². The summed E-state index contributed by atoms with van der Waals surface area (Å²) in [6, 6.07) is 2.26. The van der Waals surface area contributed by atoms with E-state index < -0.39 is 16.0 Å². The van der Waals surface area contributed by atoms with E-state index in [-0.39, 0.29) is 26.5 Å². The highest BCUT2D eigenvalue weighted by Crippen LogP contribution is 2.30. The summed E-state index contributed by atoms with van der Waals surface area (Å²) in [7, 11) is -3.87. The molecule has 0 radical (unpaired) electrons. The number of aromatic nitrogens is 1. The third-order valence-corrected chi connectivity index (χ3v) is 5.86. The molecule has 0 aliphatic heterocycles. The second kappa shape index (κ2) is 6.41. The average molecular weight is 412 g/mol. The van der Waals surface area contributed by atoms with Crippen LogP contribution in [0.15, 0.2) is 33.1 Å². The van der Waals surface area contributed by atoms with Crippen LogP contribution in [0.2, 0.25) is 5.02 Å². The Balaban J connectivity index is 2.33. The molecule has 0 aliphatic rings. The van der Waals surface area contributed by atoms with E-state index in [0.29, 0.717) is 5.01 Å². The molecule has 0 atom stereocenters. The molecule has 112 valence electrons. The van der Waals surface area contributed by atoms with E-state index in [4.69, 9.17) is 16.7 Å². The van der Waals surface area contributed by atoms with Gasteiger partial charge in [-0.05, 0) is 28.1 Å². The fraction of sp³-hybridized carbons (Fsp3) is 0.0909. The van der Waals surface area contributed by atoms with Gasteiger partial charge in [-0.1, -0.05) is 11.6 Å². The Labute approximate surface area is 138 Å². The molecule has 0 saturated carbocycles. The fourth-order valence-electron chi connectivity index (χ4n) is 1.46. The summed E-state index contributed by atoms with van der Waals surface area (Å²) in [5, 5.41) is 11.3. The van der Waals surface area contributed by atoms with Crippen LogP contribution < -0.4 is 4.72 Å². The van der Waals surface area contributed by atoms with Crippen LogP contribution in [0.3, 0.4) is 0 Å². The molecule has 0 amide bonds. The first kappa shape index (κ1) is 16.4. The summed E-state index contributed by atoms with van der Waals surface area (Å²) >= 11 is 10.2. The van der Waals surface area contributed by atoms with Gasteiger partial charge < -0.3 is 5.11 Å². The zero-order valence-corrected chi connectivity index (χ0v) is 14.2. The minimum Gasteiger partial charge on any atom is -0.478 e. The lowest BCUT2D eigenvalue weighted by Crippen LogP contribution is -2.23. The van der Waals surface area contributed by atoms with Gasteiger partial charge in [0.2, 0.25) is 10.0 Å². The molecule has 1 aromatic carbocycles. The van der Waals surface area contributed by atoms with Gasteiger partial charge in [-0.2, -0.15) is 0 Å². The maximum Gasteiger partial charge on any atom is 0.337 e. The Bertz CT molecular complexity index is 778. The van der Waals surface area contributed by atoms with E-state index in [0.717, 1.165) is 6.07 Å². The normalized spacial score (nSPS) is 11.5. The first-order chi connectivity index (χ1) is 9.81. The number of benzene rings is 1. The number of nitrogens with zero attached hydrogens (tertiary/aromatic N) is 1. The van der Waals surface area contributed by atoms with Crippen molar-refractivity contribution in [3.63, 3.8) is 0 Å². The summed E-state index contributed by atoms with van der Waals surface area (Å²) in [6.07, 6.45) is 1.57. The Morgan fingerprint density at radius 1 is 1.48 bits per heavy atom. The fourth-order valence-corrected chi connectivity index (χ4v) is 3.94. The molecule has 0 spiro atoms. The molecule has 2 N–H and O–H groups in total. The Hall–Kier alpha value is -1.00. The number of hydrogen-bond acceptors (Lipinski definition) is 5. The number of aromatic carboxylic acids is 1. The average Bonchev–Trinajstić information content (AvgIpc) is 2.92. The quantitative estimate of drug-likeness (QED) is 0.788. The van der Waals surface area contributed by atoms with Crippen LogP contribution in [0.4, 0.5) is 0 Å². The van der Waals surface area contributed by atoms with Gasteiger partial charge in [0.1, 0.15) is 5.01 Å². The summed E-state index contributed by atoms with van der Waals surface area (Å²) in [4.78, 5) is 14.8. The van der Waals surface area contributed by atoms with Gasteiger partial charge in [0.25, 0.3) is 0 Å². The number of hydrogen-bond donors (Lipinski definition) is 2. The molecule has 2 aromatic rings. The minimum absolute atomic E-state index is 0.0304. The second-order valence-electron chi connectivity index (χ2n) is 3.82. The van der Waals surface area contributed by atoms with Gasteiger partial charge in [0.15, 0.2) is 0 Å². The highest BCUT2D eigenvalue weighted by Gasteiger charge is 2.21. The molecule has 1 heterocycles. The van der Waals surface area contributed by atoms with Crippen LogP contribution >= 0.6 is 38.9 Å². The summed E-state index contributed by atoms with van der Waals surface area (Å²) in [5.74, 6) is -1.31. The van der Waals surface area contributed by atoms with Crippen LogP contribution in [-0.2, 0) is 16.6 Å². The number of nitrogens with one attached hydrogen (secondary N) is 1. The molecule has 0 fully saturated rings. The molecular weight excluding hydrogens is 404 g/mol. The van der Waals surface area contributed by atoms with Crippen molar-refractivity contribution in [2.75, 3.05) is 0 Å². The van der Waals surface area contributed by atoms with Gasteiger partial charge >= 0.3 is 5.97 Å². The van der Waals surface area contributed by atoms with Crippen LogP contribution in [0.25, 0.3) is 0 Å². The third-order valence-electron chi connectivity index (χ3n) is 2.44. The largest absolute Gasteiger partial charge is 0.478 e. The Morgan fingerprint density at radius 3 is 2.76 bits per heavy atom. The smallest absolute Gasteiger partial charge is 0.337 e. The number of halogens is 2. The lowest BCUT2D eigenvalue weighted by molar-refractivity contribution is 0.0696. The first-order valence-electron chi connectivity index (χ1n) is 5.41. The van der Waals surface area contributed by atoms with E-state index in [9.17, 15) is 13.2 Å². The predicted molar refractivity (Wildman–Crippen MR) is 82.3 cm³/mol. The second-order valence-corrected chi connectivity index (χ2v) is 7.80. The highest BCUT2D eigenvalue weighted by atomic mass is 79.9. The molecule has 0 saturated heterocycles. The number of carboxylic acid groups (broad SMARTS) is 1. The molecule has 0 bridgehead atoms. The summed E-state index contributed by atoms with van der Waals surface area (Å²) in [5.41, 5.74) is -0.291. The number of thiazole rings is 1. The van der Waals surface area contributed by atoms with E-state index in [2.05, 4.69) is 25.6 Å². The number of carbonyl (C=O) groups is 1. The SMILES string of the molecule is O=C(O)c1cc(S(=O)(=O)NCc2nccs2)cc(Br)c1Cl. The van der Waals surface area contributed by atoms with Gasteiger partial charge in [-0.3, -0.25) is 0 Å². The maximum absolute atomic E-state index is 12.2. The molecule has 0 aliphatic carbocycles. The molecule has 6 nitrogen and oxygen atoms in total. The van der Waals surface area contributed by atoms with Crippen LogP contribution in [0.5, 0.6) is 0 Å². The van der Waals surface area contributed by atoms with E-state index in [1.807, 2.05) is 0 Å². The highest BCUT2D eigenvalue weighted by molar-refractivity contribution is 9.10. The Morgan fingerprint density at radius 2 is 2.19 bits per heavy atom. The first-order valence-corrected chi connectivity index (χ1v) is 8.95. The van der Waals surface area contributed by atoms with Crippen LogP contribution in [0.1, 0.15) is 15.4 Å². The Kier molecular flexibility index (Phi) is 4.99. The van der Waals surface area contributed by atoms with E-state index >= 15 is 0 Å². The lowest BCUT2D eigenvalue weighted by Gasteiger charge is -2.09. The molecule has 21 heavy (non-hydrogen) atoms. The molecule has 1 aromatic heterocycles. The minimum atomic E-state index is -3.87. The van der Waals surface area contributed by atoms with Crippen molar-refractivity contribution in [2.45, 2.75) is 11.4 Å². The number of rotatable bonds is 5. The molecule has 0 unspecified atom stereocenters. The summed E-state index contributed by atoms with van der Waals surface area (Å²) in [6.45, 7) is 0.0304. The van der Waals surface area contributed by atoms with Gasteiger partial charge in [0.05, 0.1) is 22.0 Å². The molecule has 10 heteroatoms. The molecular formula is C11H8BrClN2O4S2. The van der Waals surface area contributed by atoms with Gasteiger partial charge in [-0.25, -0.2) is 22.9 Å². The van der Waals surface area contributed by atoms with Crippen molar-refractivity contribution in [3.8, 4) is 0 Å². The zero-order chi connectivity index (χ0) is 15.6. The van der Waals surface area contributed by atoms with E-state index in [1.54, 1.807) is 11.6 Å². The van der Waals surface area contributed by atoms with Gasteiger partial charge in [0, 0.05) is 16.0 Å². The maximum atomic E-state index is 12.2. The number of sulfonamides is 1. The standard InChI is InChI=1S/C11H8BrClN2O4S2/c12-8-4-6(3-7(10(8)13)11(16)17)21(18,19)15-5-9-14-1-2-20-9/h1-4,15H,5H2,(H,16,17). The number of carboxylic acids is 1. The lowest BCUT2D eigenvalue weighted by atomic mass is 10.2. The van der Waals surface area contributed by atoms with Crippen molar-refractivity contribution in [1.82, 2.24) is 9.71 Å². The van der Waals surface area contributed by atoms with Gasteiger partial charge in [-0.15, -0.1) is 11.3 Å². The van der Waals surface area contributed by atoms with Crippen molar-refractivity contribution in [3.05, 3.63) is 43.8 Å². The third kappa shape index (κ3) is 3.80. The summed E-state index contributed by atoms with van der Waals surface area (Å²) < 4.78 is 26.9. The van der Waals surface area contributed by atoms with Crippen LogP contribution in [0, 0.1) is 0 Å². The van der Waals surface area contributed by atoms with Crippen molar-refractivity contribution < 1.29 is 18.3 Å². The molecule has 2 rings (SSSR count).